The summed E-state index contributed by atoms with van der Waals surface area (Å²) in [5, 5.41) is 0. The Balaban J connectivity index is 1.72. The number of rotatable bonds is 3. The highest BCUT2D eigenvalue weighted by atomic mass is 19.1. The Hall–Kier alpha value is -2.50. The fourth-order valence-electron chi connectivity index (χ4n) is 3.72. The van der Waals surface area contributed by atoms with Crippen molar-refractivity contribution >= 4 is 11.9 Å². The largest absolute Gasteiger partial charge is 0.368 e. The molecule has 1 atom stereocenters. The van der Waals surface area contributed by atoms with Gasteiger partial charge in [0.05, 0.1) is 11.7 Å². The van der Waals surface area contributed by atoms with E-state index in [4.69, 9.17) is 5.73 Å². The highest BCUT2D eigenvalue weighted by Gasteiger charge is 2.37. The molecule has 2 heterocycles. The smallest absolute Gasteiger partial charge is 0.226 e. The number of likely N-dealkylation sites (tertiary alicyclic amines) is 1. The van der Waals surface area contributed by atoms with Crippen LogP contribution >= 0.6 is 0 Å². The molecule has 1 aliphatic carbocycles. The van der Waals surface area contributed by atoms with Crippen LogP contribution in [0.2, 0.25) is 0 Å². The van der Waals surface area contributed by atoms with E-state index in [9.17, 15) is 9.18 Å². The molecule has 1 saturated heterocycles. The van der Waals surface area contributed by atoms with Crippen LogP contribution in [0.5, 0.6) is 0 Å². The lowest BCUT2D eigenvalue weighted by molar-refractivity contribution is -0.139. The molecule has 0 radical (unpaired) electrons. The van der Waals surface area contributed by atoms with E-state index in [-0.39, 0.29) is 29.6 Å². The summed E-state index contributed by atoms with van der Waals surface area (Å²) in [6, 6.07) is 6.17. The molecule has 130 valence electrons. The molecule has 1 amide bonds. The van der Waals surface area contributed by atoms with Crippen LogP contribution in [0, 0.1) is 11.7 Å². The van der Waals surface area contributed by atoms with Crippen molar-refractivity contribution < 1.29 is 9.18 Å². The Kier molecular flexibility index (Phi) is 4.11. The molecule has 1 aromatic heterocycles. The molecule has 4 rings (SSSR count). The molecule has 2 fully saturated rings. The molecule has 25 heavy (non-hydrogen) atoms. The number of hydrogen-bond acceptors (Lipinski definition) is 4. The summed E-state index contributed by atoms with van der Waals surface area (Å²) in [6.07, 6.45) is 6.60. The van der Waals surface area contributed by atoms with Gasteiger partial charge in [0, 0.05) is 24.2 Å². The van der Waals surface area contributed by atoms with Crippen LogP contribution in [-0.2, 0) is 4.79 Å². The van der Waals surface area contributed by atoms with Crippen molar-refractivity contribution in [3.63, 3.8) is 0 Å². The number of amides is 1. The summed E-state index contributed by atoms with van der Waals surface area (Å²) in [5.41, 5.74) is 8.24. The summed E-state index contributed by atoms with van der Waals surface area (Å²) in [4.78, 5) is 23.3. The number of hydrogen-bond donors (Lipinski definition) is 1. The lowest BCUT2D eigenvalue weighted by atomic mass is 9.84. The maximum absolute atomic E-state index is 13.3. The highest BCUT2D eigenvalue weighted by Crippen LogP contribution is 2.39. The summed E-state index contributed by atoms with van der Waals surface area (Å²) < 4.78 is 13.3. The molecule has 1 aromatic carbocycles. The second-order valence-electron chi connectivity index (χ2n) is 6.85. The third-order valence-electron chi connectivity index (χ3n) is 5.30. The zero-order chi connectivity index (χ0) is 17.4. The lowest BCUT2D eigenvalue weighted by Crippen LogP contribution is -2.38. The molecule has 1 saturated carbocycles. The van der Waals surface area contributed by atoms with E-state index < -0.39 is 0 Å². The molecule has 6 heteroatoms. The van der Waals surface area contributed by atoms with E-state index >= 15 is 0 Å². The van der Waals surface area contributed by atoms with Gasteiger partial charge in [-0.25, -0.2) is 14.4 Å². The molecule has 1 aliphatic heterocycles. The average Bonchev–Trinajstić information content (AvgIpc) is 3.03. The average molecular weight is 340 g/mol. The van der Waals surface area contributed by atoms with Crippen molar-refractivity contribution in [2.75, 3.05) is 12.3 Å². The standard InChI is InChI=1S/C19H21FN4O/c20-14-8-6-12(7-9-14)15-11-22-19(21)23-17(15)16-5-2-10-24(16)18(25)13-3-1-4-13/h6-9,11,13,16H,1-5,10H2,(H2,21,22,23)/t16-/m1/s1. The van der Waals surface area contributed by atoms with E-state index in [2.05, 4.69) is 9.97 Å². The molecule has 2 aromatic rings. The Morgan fingerprint density at radius 2 is 1.92 bits per heavy atom. The van der Waals surface area contributed by atoms with E-state index in [1.807, 2.05) is 4.90 Å². The molecule has 0 bridgehead atoms. The van der Waals surface area contributed by atoms with Crippen molar-refractivity contribution in [2.45, 2.75) is 38.1 Å². The number of nitrogens with zero attached hydrogens (tertiary/aromatic N) is 3. The topological polar surface area (TPSA) is 72.1 Å². The van der Waals surface area contributed by atoms with Gasteiger partial charge < -0.3 is 10.6 Å². The minimum Gasteiger partial charge on any atom is -0.368 e. The zero-order valence-corrected chi connectivity index (χ0v) is 14.0. The first-order chi connectivity index (χ1) is 12.1. The van der Waals surface area contributed by atoms with Crippen LogP contribution in [0.4, 0.5) is 10.3 Å². The van der Waals surface area contributed by atoms with E-state index in [0.29, 0.717) is 0 Å². The Morgan fingerprint density at radius 1 is 1.16 bits per heavy atom. The summed E-state index contributed by atoms with van der Waals surface area (Å²) in [7, 11) is 0. The summed E-state index contributed by atoms with van der Waals surface area (Å²) in [5.74, 6) is 0.304. The van der Waals surface area contributed by atoms with Crippen LogP contribution in [0.1, 0.15) is 43.8 Å². The molecule has 0 spiro atoms. The monoisotopic (exact) mass is 340 g/mol. The first-order valence-electron chi connectivity index (χ1n) is 8.82. The SMILES string of the molecule is Nc1ncc(-c2ccc(F)cc2)c([C@H]2CCCN2C(=O)C2CCC2)n1. The summed E-state index contributed by atoms with van der Waals surface area (Å²) >= 11 is 0. The van der Waals surface area contributed by atoms with Gasteiger partial charge in [-0.05, 0) is 43.4 Å². The number of nitrogens with two attached hydrogens (primary N) is 1. The first-order valence-corrected chi connectivity index (χ1v) is 8.82. The van der Waals surface area contributed by atoms with Gasteiger partial charge in [-0.3, -0.25) is 4.79 Å². The van der Waals surface area contributed by atoms with Crippen molar-refractivity contribution in [3.05, 3.63) is 42.0 Å². The lowest BCUT2D eigenvalue weighted by Gasteiger charge is -2.33. The Bertz CT molecular complexity index is 789. The number of benzene rings is 1. The Morgan fingerprint density at radius 3 is 2.60 bits per heavy atom. The number of halogens is 1. The van der Waals surface area contributed by atoms with Gasteiger partial charge in [0.15, 0.2) is 0 Å². The molecule has 2 aliphatic rings. The van der Waals surface area contributed by atoms with Gasteiger partial charge in [-0.15, -0.1) is 0 Å². The van der Waals surface area contributed by atoms with Crippen molar-refractivity contribution in [3.8, 4) is 11.1 Å². The maximum Gasteiger partial charge on any atom is 0.226 e. The molecule has 0 unspecified atom stereocenters. The van der Waals surface area contributed by atoms with Crippen molar-refractivity contribution in [1.82, 2.24) is 14.9 Å². The minimum atomic E-state index is -0.288. The maximum atomic E-state index is 13.3. The normalized spacial score (nSPS) is 20.5. The molecule has 2 N–H and O–H groups in total. The first kappa shape index (κ1) is 16.0. The summed E-state index contributed by atoms with van der Waals surface area (Å²) in [6.45, 7) is 0.757. The number of carbonyl (C=O) groups is 1. The van der Waals surface area contributed by atoms with Gasteiger partial charge in [0.25, 0.3) is 0 Å². The third-order valence-corrected chi connectivity index (χ3v) is 5.30. The van der Waals surface area contributed by atoms with E-state index in [1.54, 1.807) is 18.3 Å². The minimum absolute atomic E-state index is 0.0848. The zero-order valence-electron chi connectivity index (χ0n) is 14.0. The van der Waals surface area contributed by atoms with Gasteiger partial charge in [0.1, 0.15) is 5.82 Å². The molecule has 5 nitrogen and oxygen atoms in total. The van der Waals surface area contributed by atoms with Crippen LogP contribution in [0.25, 0.3) is 11.1 Å². The Labute approximate surface area is 146 Å². The number of anilines is 1. The van der Waals surface area contributed by atoms with Crippen LogP contribution in [0.15, 0.2) is 30.5 Å². The molecular formula is C19H21FN4O. The fourth-order valence-corrected chi connectivity index (χ4v) is 3.72. The number of carbonyl (C=O) groups excluding carboxylic acids is 1. The van der Waals surface area contributed by atoms with Gasteiger partial charge in [-0.2, -0.15) is 0 Å². The highest BCUT2D eigenvalue weighted by molar-refractivity contribution is 5.81. The van der Waals surface area contributed by atoms with Crippen molar-refractivity contribution in [1.29, 1.82) is 0 Å². The van der Waals surface area contributed by atoms with Gasteiger partial charge in [0.2, 0.25) is 11.9 Å². The predicted molar refractivity (Wildman–Crippen MR) is 92.9 cm³/mol. The van der Waals surface area contributed by atoms with Crippen LogP contribution in [-0.4, -0.2) is 27.3 Å². The third kappa shape index (κ3) is 2.97. The number of nitrogen functional groups attached to an aromatic ring is 1. The van der Waals surface area contributed by atoms with Crippen molar-refractivity contribution in [2.24, 2.45) is 5.92 Å². The van der Waals surface area contributed by atoms with Gasteiger partial charge in [-0.1, -0.05) is 18.6 Å². The fraction of sp³-hybridized carbons (Fsp3) is 0.421. The second kappa shape index (κ2) is 6.43. The second-order valence-corrected chi connectivity index (χ2v) is 6.85. The number of aromatic nitrogens is 2. The van der Waals surface area contributed by atoms with E-state index in [1.165, 1.54) is 12.1 Å². The quantitative estimate of drug-likeness (QED) is 0.930. The van der Waals surface area contributed by atoms with E-state index in [0.717, 1.165) is 55.5 Å². The van der Waals surface area contributed by atoms with Crippen LogP contribution < -0.4 is 5.73 Å². The predicted octanol–water partition coefficient (Wildman–Crippen LogP) is 3.33. The van der Waals surface area contributed by atoms with Gasteiger partial charge >= 0.3 is 0 Å². The van der Waals surface area contributed by atoms with Crippen LogP contribution in [0.3, 0.4) is 0 Å². The molecular weight excluding hydrogens is 319 g/mol.